The molecule has 2 aromatic rings. The van der Waals surface area contributed by atoms with E-state index in [4.69, 9.17) is 4.74 Å². The van der Waals surface area contributed by atoms with Gasteiger partial charge in [-0.05, 0) is 44.0 Å². The van der Waals surface area contributed by atoms with Gasteiger partial charge in [0.25, 0.3) is 0 Å². The third-order valence-electron chi connectivity index (χ3n) is 3.15. The molecule has 1 unspecified atom stereocenters. The number of aromatic nitrogens is 2. The topological polar surface area (TPSA) is 47.3 Å². The average Bonchev–Trinajstić information content (AvgIpc) is 2.79. The van der Waals surface area contributed by atoms with Crippen molar-refractivity contribution in [2.45, 2.75) is 39.4 Å². The van der Waals surface area contributed by atoms with Gasteiger partial charge in [-0.2, -0.15) is 5.10 Å². The van der Waals surface area contributed by atoms with Crippen molar-refractivity contribution in [2.75, 3.05) is 0 Å². The molecule has 0 saturated carbocycles. The van der Waals surface area contributed by atoms with Gasteiger partial charge in [-0.15, -0.1) is 0 Å². The molecule has 0 aliphatic carbocycles. The largest absolute Gasteiger partial charge is 0.491 e. The monoisotopic (exact) mass is 274 g/mol. The fraction of sp³-hybridized carbons (Fsp3) is 0.438. The molecule has 2 rings (SSSR count). The third kappa shape index (κ3) is 3.20. The van der Waals surface area contributed by atoms with Crippen molar-refractivity contribution in [3.63, 3.8) is 0 Å². The Labute approximate surface area is 120 Å². The first-order chi connectivity index (χ1) is 9.51. The van der Waals surface area contributed by atoms with Crippen molar-refractivity contribution in [2.24, 2.45) is 7.05 Å². The molecule has 4 nitrogen and oxygen atoms in total. The number of hydrogen-bond acceptors (Lipinski definition) is 3. The Morgan fingerprint density at radius 1 is 1.30 bits per heavy atom. The quantitative estimate of drug-likeness (QED) is 0.912. The standard InChI is InChI=1S/C16H22N2O2/c1-5-13-10-15(18(4)17-13)16(19)12-7-6-8-14(9-12)20-11(2)3/h6-11,16,19H,5H2,1-4H3. The van der Waals surface area contributed by atoms with Crippen molar-refractivity contribution in [3.05, 3.63) is 47.3 Å². The number of aryl methyl sites for hydroxylation is 2. The Bertz CT molecular complexity index is 576. The van der Waals surface area contributed by atoms with Crippen LogP contribution < -0.4 is 4.74 Å². The molecule has 1 aromatic carbocycles. The Kier molecular flexibility index (Phi) is 4.45. The normalized spacial score (nSPS) is 12.7. The number of benzene rings is 1. The first-order valence-electron chi connectivity index (χ1n) is 6.98. The summed E-state index contributed by atoms with van der Waals surface area (Å²) in [6, 6.07) is 9.52. The van der Waals surface area contributed by atoms with Gasteiger partial charge in [-0.1, -0.05) is 19.1 Å². The van der Waals surface area contributed by atoms with Crippen LogP contribution in [0.1, 0.15) is 43.8 Å². The third-order valence-corrected chi connectivity index (χ3v) is 3.15. The van der Waals surface area contributed by atoms with Gasteiger partial charge in [0.05, 0.1) is 17.5 Å². The highest BCUT2D eigenvalue weighted by Gasteiger charge is 2.16. The zero-order valence-corrected chi connectivity index (χ0v) is 12.5. The minimum absolute atomic E-state index is 0.116. The molecule has 0 bridgehead atoms. The molecule has 1 heterocycles. The second kappa shape index (κ2) is 6.09. The molecule has 1 aromatic heterocycles. The predicted molar refractivity (Wildman–Crippen MR) is 78.9 cm³/mol. The molecule has 1 atom stereocenters. The van der Waals surface area contributed by atoms with Crippen LogP contribution in [0.25, 0.3) is 0 Å². The molecule has 0 amide bonds. The Hall–Kier alpha value is -1.81. The zero-order valence-electron chi connectivity index (χ0n) is 12.5. The maximum atomic E-state index is 10.5. The summed E-state index contributed by atoms with van der Waals surface area (Å²) >= 11 is 0. The van der Waals surface area contributed by atoms with Crippen LogP contribution in [0, 0.1) is 0 Å². The molecular weight excluding hydrogens is 252 g/mol. The van der Waals surface area contributed by atoms with Crippen LogP contribution in [0.4, 0.5) is 0 Å². The number of rotatable bonds is 5. The van der Waals surface area contributed by atoms with E-state index >= 15 is 0 Å². The van der Waals surface area contributed by atoms with Gasteiger partial charge in [0, 0.05) is 7.05 Å². The molecule has 20 heavy (non-hydrogen) atoms. The summed E-state index contributed by atoms with van der Waals surface area (Å²) in [5, 5.41) is 14.9. The summed E-state index contributed by atoms with van der Waals surface area (Å²) in [5.74, 6) is 0.773. The number of hydrogen-bond donors (Lipinski definition) is 1. The van der Waals surface area contributed by atoms with Crippen molar-refractivity contribution in [3.8, 4) is 5.75 Å². The van der Waals surface area contributed by atoms with Crippen molar-refractivity contribution >= 4 is 0 Å². The second-order valence-corrected chi connectivity index (χ2v) is 5.18. The summed E-state index contributed by atoms with van der Waals surface area (Å²) in [5.41, 5.74) is 2.59. The van der Waals surface area contributed by atoms with Gasteiger partial charge in [0.1, 0.15) is 11.9 Å². The van der Waals surface area contributed by atoms with E-state index < -0.39 is 6.10 Å². The predicted octanol–water partition coefficient (Wildman–Crippen LogP) is 2.85. The fourth-order valence-electron chi connectivity index (χ4n) is 2.17. The zero-order chi connectivity index (χ0) is 14.7. The van der Waals surface area contributed by atoms with Crippen molar-refractivity contribution in [1.29, 1.82) is 0 Å². The highest BCUT2D eigenvalue weighted by atomic mass is 16.5. The lowest BCUT2D eigenvalue weighted by Crippen LogP contribution is -2.08. The van der Waals surface area contributed by atoms with E-state index in [0.29, 0.717) is 0 Å². The number of ether oxygens (including phenoxy) is 1. The van der Waals surface area contributed by atoms with Gasteiger partial charge < -0.3 is 9.84 Å². The molecule has 108 valence electrons. The van der Waals surface area contributed by atoms with E-state index in [9.17, 15) is 5.11 Å². The first-order valence-corrected chi connectivity index (χ1v) is 6.98. The highest BCUT2D eigenvalue weighted by Crippen LogP contribution is 2.25. The maximum absolute atomic E-state index is 10.5. The molecule has 0 spiro atoms. The SMILES string of the molecule is CCc1cc(C(O)c2cccc(OC(C)C)c2)n(C)n1. The van der Waals surface area contributed by atoms with Crippen LogP contribution in [-0.4, -0.2) is 21.0 Å². The van der Waals surface area contributed by atoms with Gasteiger partial charge in [-0.3, -0.25) is 4.68 Å². The fourth-order valence-corrected chi connectivity index (χ4v) is 2.17. The van der Waals surface area contributed by atoms with Crippen LogP contribution >= 0.6 is 0 Å². The summed E-state index contributed by atoms with van der Waals surface area (Å²) in [7, 11) is 1.85. The van der Waals surface area contributed by atoms with E-state index in [1.54, 1.807) is 4.68 Å². The molecule has 4 heteroatoms. The van der Waals surface area contributed by atoms with Crippen molar-refractivity contribution in [1.82, 2.24) is 9.78 Å². The number of nitrogens with zero attached hydrogens (tertiary/aromatic N) is 2. The summed E-state index contributed by atoms with van der Waals surface area (Å²) in [4.78, 5) is 0. The van der Waals surface area contributed by atoms with Crippen molar-refractivity contribution < 1.29 is 9.84 Å². The van der Waals surface area contributed by atoms with Crippen LogP contribution in [0.15, 0.2) is 30.3 Å². The van der Waals surface area contributed by atoms with Gasteiger partial charge in [0.15, 0.2) is 0 Å². The highest BCUT2D eigenvalue weighted by molar-refractivity contribution is 5.34. The Morgan fingerprint density at radius 2 is 2.05 bits per heavy atom. The minimum Gasteiger partial charge on any atom is -0.491 e. The summed E-state index contributed by atoms with van der Waals surface area (Å²) in [6.45, 7) is 6.02. The van der Waals surface area contributed by atoms with Gasteiger partial charge >= 0.3 is 0 Å². The summed E-state index contributed by atoms with van der Waals surface area (Å²) in [6.07, 6.45) is 0.283. The number of aliphatic hydroxyl groups is 1. The van der Waals surface area contributed by atoms with E-state index in [1.165, 1.54) is 0 Å². The van der Waals surface area contributed by atoms with Crippen LogP contribution in [0.2, 0.25) is 0 Å². The molecule has 0 saturated heterocycles. The smallest absolute Gasteiger partial charge is 0.121 e. The minimum atomic E-state index is -0.691. The maximum Gasteiger partial charge on any atom is 0.121 e. The van der Waals surface area contributed by atoms with E-state index in [2.05, 4.69) is 12.0 Å². The van der Waals surface area contributed by atoms with Crippen LogP contribution in [0.5, 0.6) is 5.75 Å². The Morgan fingerprint density at radius 3 is 2.65 bits per heavy atom. The first kappa shape index (κ1) is 14.6. The second-order valence-electron chi connectivity index (χ2n) is 5.18. The van der Waals surface area contributed by atoms with E-state index in [-0.39, 0.29) is 6.10 Å². The molecule has 0 fully saturated rings. The summed E-state index contributed by atoms with van der Waals surface area (Å²) < 4.78 is 7.40. The molecular formula is C16H22N2O2. The van der Waals surface area contributed by atoms with Gasteiger partial charge in [0.2, 0.25) is 0 Å². The molecule has 0 aliphatic heterocycles. The molecule has 1 N–H and O–H groups in total. The van der Waals surface area contributed by atoms with E-state index in [0.717, 1.165) is 29.1 Å². The average molecular weight is 274 g/mol. The molecule has 0 radical (unpaired) electrons. The molecule has 0 aliphatic rings. The number of aliphatic hydroxyl groups excluding tert-OH is 1. The lowest BCUT2D eigenvalue weighted by molar-refractivity contribution is 0.207. The lowest BCUT2D eigenvalue weighted by Gasteiger charge is -2.14. The van der Waals surface area contributed by atoms with Gasteiger partial charge in [-0.25, -0.2) is 0 Å². The van der Waals surface area contributed by atoms with Crippen LogP contribution in [0.3, 0.4) is 0 Å². The van der Waals surface area contributed by atoms with E-state index in [1.807, 2.05) is 51.2 Å². The lowest BCUT2D eigenvalue weighted by atomic mass is 10.1. The van der Waals surface area contributed by atoms with Crippen LogP contribution in [-0.2, 0) is 13.5 Å². The Balaban J connectivity index is 2.27.